The third kappa shape index (κ3) is 4.02. The van der Waals surface area contributed by atoms with Crippen LogP contribution in [-0.4, -0.2) is 13.2 Å². The van der Waals surface area contributed by atoms with Crippen LogP contribution in [0.25, 0.3) is 0 Å². The minimum Gasteiger partial charge on any atom is -0.320 e. The van der Waals surface area contributed by atoms with Gasteiger partial charge in [0.1, 0.15) is 5.83 Å². The number of methoxy groups -OCH3 is 1. The number of alkyl halides is 2. The average Bonchev–Trinajstić information content (AvgIpc) is 2.29. The average molecular weight is 250 g/mol. The molecule has 0 N–H and O–H groups in total. The van der Waals surface area contributed by atoms with Gasteiger partial charge in [-0.05, 0) is 18.8 Å². The highest BCUT2D eigenvalue weighted by Crippen LogP contribution is 2.40. The Bertz CT molecular complexity index is 274. The lowest BCUT2D eigenvalue weighted by Crippen LogP contribution is -2.26. The van der Waals surface area contributed by atoms with Crippen LogP contribution in [-0.2, 0) is 4.74 Å². The molecule has 1 nitrogen and oxygen atoms in total. The first-order chi connectivity index (χ1) is 8.01. The second-order valence-electron chi connectivity index (χ2n) is 4.71. The molecule has 0 aliphatic heterocycles. The molecule has 0 aromatic carbocycles. The van der Waals surface area contributed by atoms with Crippen molar-refractivity contribution in [3.63, 3.8) is 0 Å². The molecule has 1 unspecified atom stereocenters. The number of allylic oxidation sites excluding steroid dienone is 1. The van der Waals surface area contributed by atoms with E-state index < -0.39 is 17.5 Å². The summed E-state index contributed by atoms with van der Waals surface area (Å²) in [5.41, 5.74) is -0.452. The van der Waals surface area contributed by atoms with Crippen molar-refractivity contribution >= 4 is 0 Å². The van der Waals surface area contributed by atoms with Crippen LogP contribution in [0.4, 0.5) is 13.2 Å². The molecular weight excluding hydrogens is 229 g/mol. The van der Waals surface area contributed by atoms with Crippen LogP contribution < -0.4 is 0 Å². The molecular formula is C13H21F3O. The van der Waals surface area contributed by atoms with Gasteiger partial charge in [-0.15, -0.1) is 0 Å². The number of unbranched alkanes of at least 4 members (excludes halogenated alkanes) is 2. The Morgan fingerprint density at radius 3 is 2.59 bits per heavy atom. The largest absolute Gasteiger partial charge is 0.381 e. The third-order valence-corrected chi connectivity index (χ3v) is 3.42. The number of ether oxygens (including phenoxy) is 1. The standard InChI is InChI=1S/C13H21F3O/c1-3-4-5-6-10-7-8-11(12(14)9-10)13(15,16)17-2/h10H,3-9H2,1-2H3. The SMILES string of the molecule is CCCCCC1CCC(C(F)(F)OC)=C(F)C1. The Balaban J connectivity index is 2.54. The van der Waals surface area contributed by atoms with Crippen LogP contribution in [0.3, 0.4) is 0 Å². The minimum absolute atomic E-state index is 0.115. The fraction of sp³-hybridized carbons (Fsp3) is 0.846. The van der Waals surface area contributed by atoms with E-state index >= 15 is 0 Å². The van der Waals surface area contributed by atoms with E-state index in [0.29, 0.717) is 6.42 Å². The normalized spacial score (nSPS) is 22.1. The maximum Gasteiger partial charge on any atom is 0.381 e. The van der Waals surface area contributed by atoms with Crippen molar-refractivity contribution in [3.8, 4) is 0 Å². The molecule has 0 radical (unpaired) electrons. The fourth-order valence-corrected chi connectivity index (χ4v) is 2.32. The van der Waals surface area contributed by atoms with Crippen LogP contribution in [0.15, 0.2) is 11.4 Å². The van der Waals surface area contributed by atoms with Gasteiger partial charge in [-0.3, -0.25) is 0 Å². The van der Waals surface area contributed by atoms with Crippen molar-refractivity contribution in [2.45, 2.75) is 58.0 Å². The van der Waals surface area contributed by atoms with E-state index in [2.05, 4.69) is 11.7 Å². The molecule has 0 aromatic rings. The van der Waals surface area contributed by atoms with Crippen LogP contribution in [0.5, 0.6) is 0 Å². The Labute approximate surface area is 101 Å². The Kier molecular flexibility index (Phi) is 5.50. The summed E-state index contributed by atoms with van der Waals surface area (Å²) in [7, 11) is 0.910. The summed E-state index contributed by atoms with van der Waals surface area (Å²) in [6.07, 6.45) is 1.73. The smallest absolute Gasteiger partial charge is 0.320 e. The summed E-state index contributed by atoms with van der Waals surface area (Å²) in [4.78, 5) is 0. The van der Waals surface area contributed by atoms with Gasteiger partial charge < -0.3 is 4.74 Å². The van der Waals surface area contributed by atoms with Crippen molar-refractivity contribution in [1.29, 1.82) is 0 Å². The minimum atomic E-state index is -3.43. The predicted octanol–water partition coefficient (Wildman–Crippen LogP) is 4.83. The van der Waals surface area contributed by atoms with E-state index in [1.54, 1.807) is 0 Å². The van der Waals surface area contributed by atoms with E-state index in [0.717, 1.165) is 32.8 Å². The van der Waals surface area contributed by atoms with Gasteiger partial charge in [0.2, 0.25) is 0 Å². The second kappa shape index (κ2) is 6.43. The highest BCUT2D eigenvalue weighted by Gasteiger charge is 2.39. The first kappa shape index (κ1) is 14.6. The monoisotopic (exact) mass is 250 g/mol. The highest BCUT2D eigenvalue weighted by molar-refractivity contribution is 5.17. The number of hydrogen-bond acceptors (Lipinski definition) is 1. The van der Waals surface area contributed by atoms with E-state index in [-0.39, 0.29) is 18.8 Å². The van der Waals surface area contributed by atoms with Gasteiger partial charge in [-0.25, -0.2) is 4.39 Å². The second-order valence-corrected chi connectivity index (χ2v) is 4.71. The molecule has 100 valence electrons. The first-order valence-corrected chi connectivity index (χ1v) is 6.32. The molecule has 0 heterocycles. The van der Waals surface area contributed by atoms with Crippen LogP contribution in [0.1, 0.15) is 51.9 Å². The van der Waals surface area contributed by atoms with Gasteiger partial charge in [-0.1, -0.05) is 32.6 Å². The lowest BCUT2D eigenvalue weighted by atomic mass is 9.85. The van der Waals surface area contributed by atoms with Crippen LogP contribution in [0.2, 0.25) is 0 Å². The van der Waals surface area contributed by atoms with Gasteiger partial charge in [0.15, 0.2) is 0 Å². The zero-order chi connectivity index (χ0) is 12.9. The molecule has 0 saturated heterocycles. The van der Waals surface area contributed by atoms with Gasteiger partial charge in [0.05, 0.1) is 5.57 Å². The lowest BCUT2D eigenvalue weighted by molar-refractivity contribution is -0.194. The molecule has 1 aliphatic carbocycles. The van der Waals surface area contributed by atoms with Crippen molar-refractivity contribution in [2.24, 2.45) is 5.92 Å². The fourth-order valence-electron chi connectivity index (χ4n) is 2.32. The number of hydrogen-bond donors (Lipinski definition) is 0. The van der Waals surface area contributed by atoms with Crippen molar-refractivity contribution < 1.29 is 17.9 Å². The summed E-state index contributed by atoms with van der Waals surface area (Å²) < 4.78 is 44.1. The Morgan fingerprint density at radius 1 is 1.35 bits per heavy atom. The molecule has 17 heavy (non-hydrogen) atoms. The Hall–Kier alpha value is -0.510. The predicted molar refractivity (Wildman–Crippen MR) is 61.6 cm³/mol. The van der Waals surface area contributed by atoms with Gasteiger partial charge >= 0.3 is 6.11 Å². The van der Waals surface area contributed by atoms with Gasteiger partial charge in [0.25, 0.3) is 0 Å². The maximum absolute atomic E-state index is 13.6. The van der Waals surface area contributed by atoms with Crippen LogP contribution in [0, 0.1) is 5.92 Å². The summed E-state index contributed by atoms with van der Waals surface area (Å²) in [6, 6.07) is 0. The van der Waals surface area contributed by atoms with Crippen molar-refractivity contribution in [1.82, 2.24) is 0 Å². The summed E-state index contributed by atoms with van der Waals surface area (Å²) in [6.45, 7) is 2.11. The molecule has 0 amide bonds. The summed E-state index contributed by atoms with van der Waals surface area (Å²) in [5.74, 6) is -0.442. The summed E-state index contributed by atoms with van der Waals surface area (Å²) in [5, 5.41) is 0. The van der Waals surface area contributed by atoms with Crippen LogP contribution >= 0.6 is 0 Å². The van der Waals surface area contributed by atoms with Gasteiger partial charge in [0, 0.05) is 13.5 Å². The molecule has 1 aliphatic rings. The summed E-state index contributed by atoms with van der Waals surface area (Å²) >= 11 is 0. The molecule has 4 heteroatoms. The molecule has 1 rings (SSSR count). The number of halogens is 3. The number of rotatable bonds is 6. The lowest BCUT2D eigenvalue weighted by Gasteiger charge is -2.27. The third-order valence-electron chi connectivity index (χ3n) is 3.42. The Morgan fingerprint density at radius 2 is 2.06 bits per heavy atom. The molecule has 1 atom stereocenters. The maximum atomic E-state index is 13.6. The molecule has 0 fully saturated rings. The zero-order valence-electron chi connectivity index (χ0n) is 10.6. The highest BCUT2D eigenvalue weighted by atomic mass is 19.3. The molecule has 0 spiro atoms. The molecule has 0 saturated carbocycles. The van der Waals surface area contributed by atoms with E-state index in [9.17, 15) is 13.2 Å². The van der Waals surface area contributed by atoms with Crippen molar-refractivity contribution in [3.05, 3.63) is 11.4 Å². The van der Waals surface area contributed by atoms with E-state index in [1.165, 1.54) is 0 Å². The zero-order valence-corrected chi connectivity index (χ0v) is 10.6. The first-order valence-electron chi connectivity index (χ1n) is 6.32. The molecule has 0 aromatic heterocycles. The topological polar surface area (TPSA) is 9.23 Å². The molecule has 0 bridgehead atoms. The quantitative estimate of drug-likeness (QED) is 0.613. The van der Waals surface area contributed by atoms with Crippen molar-refractivity contribution in [2.75, 3.05) is 7.11 Å². The van der Waals surface area contributed by atoms with E-state index in [1.807, 2.05) is 0 Å². The van der Waals surface area contributed by atoms with Gasteiger partial charge in [-0.2, -0.15) is 8.78 Å². The van der Waals surface area contributed by atoms with E-state index in [4.69, 9.17) is 0 Å².